The van der Waals surface area contributed by atoms with Gasteiger partial charge in [-0.1, -0.05) is 0 Å². The van der Waals surface area contributed by atoms with Gasteiger partial charge in [-0.05, 0) is 19.8 Å². The Morgan fingerprint density at radius 1 is 1.50 bits per heavy atom. The standard InChI is InChI=1S/C9H15F2NOS/c1-6(14)8(13)12-7-2-4-9(10,11)5-3-7/h6-7,14H,2-5H2,1H3,(H,12,13). The van der Waals surface area contributed by atoms with Crippen LogP contribution in [0.25, 0.3) is 0 Å². The molecule has 0 aromatic rings. The molecule has 1 atom stereocenters. The van der Waals surface area contributed by atoms with Crippen LogP contribution < -0.4 is 5.32 Å². The Labute approximate surface area is 87.9 Å². The molecule has 1 unspecified atom stereocenters. The minimum atomic E-state index is -2.53. The molecule has 0 aromatic heterocycles. The van der Waals surface area contributed by atoms with E-state index < -0.39 is 5.92 Å². The third-order valence-corrected chi connectivity index (χ3v) is 2.68. The molecule has 2 nitrogen and oxygen atoms in total. The van der Waals surface area contributed by atoms with Crippen LogP contribution in [0.3, 0.4) is 0 Å². The van der Waals surface area contributed by atoms with Gasteiger partial charge in [-0.15, -0.1) is 0 Å². The van der Waals surface area contributed by atoms with Crippen molar-refractivity contribution < 1.29 is 13.6 Å². The van der Waals surface area contributed by atoms with E-state index in [9.17, 15) is 13.6 Å². The number of carbonyl (C=O) groups is 1. The summed E-state index contributed by atoms with van der Waals surface area (Å²) < 4.78 is 25.5. The van der Waals surface area contributed by atoms with Crippen molar-refractivity contribution in [2.24, 2.45) is 0 Å². The molecule has 0 bridgehead atoms. The maximum atomic E-state index is 12.7. The predicted octanol–water partition coefficient (Wildman–Crippen LogP) is 2.00. The fraction of sp³-hybridized carbons (Fsp3) is 0.889. The second-order valence-corrected chi connectivity index (χ2v) is 4.59. The molecule has 1 amide bonds. The normalized spacial score (nSPS) is 24.3. The lowest BCUT2D eigenvalue weighted by molar-refractivity contribution is -0.122. The molecule has 82 valence electrons. The first-order valence-corrected chi connectivity index (χ1v) is 5.28. The maximum absolute atomic E-state index is 12.7. The molecular weight excluding hydrogens is 208 g/mol. The molecule has 1 saturated carbocycles. The quantitative estimate of drug-likeness (QED) is 0.689. The number of rotatable bonds is 2. The molecule has 0 spiro atoms. The lowest BCUT2D eigenvalue weighted by atomic mass is 9.92. The van der Waals surface area contributed by atoms with Gasteiger partial charge in [0, 0.05) is 18.9 Å². The first-order chi connectivity index (χ1) is 6.41. The van der Waals surface area contributed by atoms with Crippen molar-refractivity contribution in [2.45, 2.75) is 49.8 Å². The van der Waals surface area contributed by atoms with Crippen LogP contribution in [0.2, 0.25) is 0 Å². The van der Waals surface area contributed by atoms with Gasteiger partial charge in [-0.2, -0.15) is 12.6 Å². The second-order valence-electron chi connectivity index (χ2n) is 3.81. The molecule has 1 fully saturated rings. The van der Waals surface area contributed by atoms with Crippen molar-refractivity contribution in [2.75, 3.05) is 0 Å². The summed E-state index contributed by atoms with van der Waals surface area (Å²) in [5.41, 5.74) is 0. The summed E-state index contributed by atoms with van der Waals surface area (Å²) in [7, 11) is 0. The van der Waals surface area contributed by atoms with Gasteiger partial charge in [0.2, 0.25) is 11.8 Å². The molecule has 0 aliphatic heterocycles. The van der Waals surface area contributed by atoms with Crippen molar-refractivity contribution in [1.29, 1.82) is 0 Å². The van der Waals surface area contributed by atoms with Crippen LogP contribution in [0.15, 0.2) is 0 Å². The van der Waals surface area contributed by atoms with Crippen LogP contribution in [-0.4, -0.2) is 23.1 Å². The third kappa shape index (κ3) is 3.44. The van der Waals surface area contributed by atoms with E-state index in [1.165, 1.54) is 0 Å². The van der Waals surface area contributed by atoms with Crippen molar-refractivity contribution in [3.63, 3.8) is 0 Å². The average Bonchev–Trinajstić information content (AvgIpc) is 2.08. The van der Waals surface area contributed by atoms with Crippen LogP contribution in [0.4, 0.5) is 8.78 Å². The Morgan fingerprint density at radius 2 is 2.00 bits per heavy atom. The smallest absolute Gasteiger partial charge is 0.248 e. The Balaban J connectivity index is 2.33. The molecule has 0 aromatic carbocycles. The average molecular weight is 223 g/mol. The summed E-state index contributed by atoms with van der Waals surface area (Å²) in [6, 6.07) is -0.100. The largest absolute Gasteiger partial charge is 0.352 e. The van der Waals surface area contributed by atoms with E-state index in [2.05, 4.69) is 17.9 Å². The molecule has 1 aliphatic carbocycles. The highest BCUT2D eigenvalue weighted by Gasteiger charge is 2.35. The highest BCUT2D eigenvalue weighted by molar-refractivity contribution is 7.81. The second kappa shape index (κ2) is 4.47. The first-order valence-electron chi connectivity index (χ1n) is 4.77. The van der Waals surface area contributed by atoms with E-state index in [1.807, 2.05) is 0 Å². The van der Waals surface area contributed by atoms with Crippen molar-refractivity contribution >= 4 is 18.5 Å². The number of thiol groups is 1. The highest BCUT2D eigenvalue weighted by atomic mass is 32.1. The number of hydrogen-bond donors (Lipinski definition) is 2. The van der Waals surface area contributed by atoms with Crippen LogP contribution in [0.1, 0.15) is 32.6 Å². The van der Waals surface area contributed by atoms with Gasteiger partial charge in [0.1, 0.15) is 0 Å². The minimum absolute atomic E-state index is 0.100. The van der Waals surface area contributed by atoms with Gasteiger partial charge >= 0.3 is 0 Å². The highest BCUT2D eigenvalue weighted by Crippen LogP contribution is 2.32. The van der Waals surface area contributed by atoms with Gasteiger partial charge in [0.25, 0.3) is 0 Å². The molecular formula is C9H15F2NOS. The van der Waals surface area contributed by atoms with Gasteiger partial charge in [-0.25, -0.2) is 8.78 Å². The Bertz CT molecular complexity index is 211. The predicted molar refractivity (Wildman–Crippen MR) is 53.8 cm³/mol. The van der Waals surface area contributed by atoms with E-state index in [-0.39, 0.29) is 30.0 Å². The molecule has 1 aliphatic rings. The minimum Gasteiger partial charge on any atom is -0.352 e. The van der Waals surface area contributed by atoms with Crippen LogP contribution >= 0.6 is 12.6 Å². The van der Waals surface area contributed by atoms with Gasteiger partial charge < -0.3 is 5.32 Å². The van der Waals surface area contributed by atoms with Crippen molar-refractivity contribution in [3.05, 3.63) is 0 Å². The molecule has 14 heavy (non-hydrogen) atoms. The van der Waals surface area contributed by atoms with E-state index in [0.717, 1.165) is 0 Å². The monoisotopic (exact) mass is 223 g/mol. The summed E-state index contributed by atoms with van der Waals surface area (Å²) in [6.45, 7) is 1.66. The van der Waals surface area contributed by atoms with E-state index in [1.54, 1.807) is 6.92 Å². The summed E-state index contributed by atoms with van der Waals surface area (Å²) in [4.78, 5) is 11.2. The summed E-state index contributed by atoms with van der Waals surface area (Å²) in [6.07, 6.45) is 0.469. The number of halogens is 2. The van der Waals surface area contributed by atoms with E-state index in [4.69, 9.17) is 0 Å². The Kier molecular flexibility index (Phi) is 3.75. The third-order valence-electron chi connectivity index (χ3n) is 2.44. The Hall–Kier alpha value is -0.320. The Morgan fingerprint density at radius 3 is 2.43 bits per heavy atom. The molecule has 1 rings (SSSR count). The molecule has 0 radical (unpaired) electrons. The van der Waals surface area contributed by atoms with Gasteiger partial charge in [0.15, 0.2) is 0 Å². The fourth-order valence-electron chi connectivity index (χ4n) is 1.51. The van der Waals surface area contributed by atoms with Gasteiger partial charge in [0.05, 0.1) is 5.25 Å². The zero-order valence-electron chi connectivity index (χ0n) is 8.09. The number of hydrogen-bond acceptors (Lipinski definition) is 2. The van der Waals surface area contributed by atoms with Crippen molar-refractivity contribution in [3.8, 4) is 0 Å². The zero-order chi connectivity index (χ0) is 10.8. The van der Waals surface area contributed by atoms with E-state index in [0.29, 0.717) is 12.8 Å². The number of nitrogens with one attached hydrogen (secondary N) is 1. The SMILES string of the molecule is CC(S)C(=O)NC1CCC(F)(F)CC1. The lowest BCUT2D eigenvalue weighted by Crippen LogP contribution is -2.42. The number of carbonyl (C=O) groups excluding carboxylic acids is 1. The summed E-state index contributed by atoms with van der Waals surface area (Å²) in [5, 5.41) is 2.33. The topological polar surface area (TPSA) is 29.1 Å². The van der Waals surface area contributed by atoms with Crippen LogP contribution in [0, 0.1) is 0 Å². The fourth-order valence-corrected chi connectivity index (χ4v) is 1.58. The van der Waals surface area contributed by atoms with Crippen LogP contribution in [-0.2, 0) is 4.79 Å². The lowest BCUT2D eigenvalue weighted by Gasteiger charge is -2.29. The van der Waals surface area contributed by atoms with Crippen LogP contribution in [0.5, 0.6) is 0 Å². The first kappa shape index (κ1) is 11.8. The maximum Gasteiger partial charge on any atom is 0.248 e. The number of amides is 1. The molecule has 1 N–H and O–H groups in total. The summed E-state index contributed by atoms with van der Waals surface area (Å²) in [5.74, 6) is -2.71. The number of alkyl halides is 2. The molecule has 0 saturated heterocycles. The van der Waals surface area contributed by atoms with E-state index >= 15 is 0 Å². The zero-order valence-corrected chi connectivity index (χ0v) is 8.99. The van der Waals surface area contributed by atoms with Crippen molar-refractivity contribution in [1.82, 2.24) is 5.32 Å². The molecule has 5 heteroatoms. The summed E-state index contributed by atoms with van der Waals surface area (Å²) >= 11 is 3.97. The molecule has 0 heterocycles. The van der Waals surface area contributed by atoms with Gasteiger partial charge in [-0.3, -0.25) is 4.79 Å².